The van der Waals surface area contributed by atoms with Crippen molar-refractivity contribution in [2.45, 2.75) is 75.7 Å². The number of aromatic nitrogens is 1. The minimum Gasteiger partial charge on any atom is -0.381 e. The van der Waals surface area contributed by atoms with E-state index in [1.54, 1.807) is 0 Å². The molecule has 1 amide bonds. The van der Waals surface area contributed by atoms with Gasteiger partial charge in [0.1, 0.15) is 11.6 Å². The van der Waals surface area contributed by atoms with Gasteiger partial charge in [-0.25, -0.2) is 17.6 Å². The number of nitrogens with zero attached hydrogens (tertiary/aromatic N) is 1. The number of benzene rings is 1. The van der Waals surface area contributed by atoms with Gasteiger partial charge in [0.25, 0.3) is 0 Å². The van der Waals surface area contributed by atoms with Crippen molar-refractivity contribution in [3.63, 3.8) is 0 Å². The second-order valence-electron chi connectivity index (χ2n) is 8.63. The van der Waals surface area contributed by atoms with Crippen LogP contribution in [0.4, 0.5) is 23.2 Å². The van der Waals surface area contributed by atoms with E-state index in [1.165, 1.54) is 44.4 Å². The molecule has 1 aromatic carbocycles. The molecule has 8 heteroatoms. The van der Waals surface area contributed by atoms with E-state index in [-0.39, 0.29) is 48.4 Å². The minimum atomic E-state index is -2.69. The average molecular weight is 467 g/mol. The van der Waals surface area contributed by atoms with E-state index in [9.17, 15) is 22.4 Å². The summed E-state index contributed by atoms with van der Waals surface area (Å²) in [5.74, 6) is -4.24. The van der Waals surface area contributed by atoms with E-state index in [0.717, 1.165) is 18.2 Å². The number of nitrogens with one attached hydrogen (secondary N) is 1. The van der Waals surface area contributed by atoms with Crippen LogP contribution in [0.25, 0.3) is 11.1 Å². The van der Waals surface area contributed by atoms with E-state index >= 15 is 0 Å². The Morgan fingerprint density at radius 3 is 2.33 bits per heavy atom. The van der Waals surface area contributed by atoms with Crippen molar-refractivity contribution in [3.8, 4) is 11.1 Å². The Kier molecular flexibility index (Phi) is 8.83. The number of alkyl halides is 2. The Hall–Kier alpha value is -2.48. The van der Waals surface area contributed by atoms with Crippen molar-refractivity contribution in [1.82, 2.24) is 4.98 Å². The van der Waals surface area contributed by atoms with Crippen LogP contribution in [0.3, 0.4) is 0 Å². The molecule has 180 valence electrons. The molecule has 2 fully saturated rings. The maximum Gasteiger partial charge on any atom is 0.248 e. The van der Waals surface area contributed by atoms with Crippen LogP contribution in [0, 0.1) is 11.6 Å². The van der Waals surface area contributed by atoms with Gasteiger partial charge in [0.15, 0.2) is 0 Å². The van der Waals surface area contributed by atoms with Crippen molar-refractivity contribution in [2.24, 2.45) is 0 Å². The SMILES string of the molecule is COC1CCCCC1.O=CNc1c(-c2cc(F)ccc2F)ccnc1C1CCC(F)(F)CC1. The van der Waals surface area contributed by atoms with Gasteiger partial charge in [-0.05, 0) is 49.9 Å². The van der Waals surface area contributed by atoms with Crippen molar-refractivity contribution in [3.05, 3.63) is 47.8 Å². The maximum absolute atomic E-state index is 14.1. The molecule has 2 aliphatic carbocycles. The van der Waals surface area contributed by atoms with Crippen molar-refractivity contribution >= 4 is 12.1 Å². The highest BCUT2D eigenvalue weighted by Crippen LogP contribution is 2.44. The third kappa shape index (κ3) is 6.76. The number of ether oxygens (including phenoxy) is 1. The summed E-state index contributed by atoms with van der Waals surface area (Å²) >= 11 is 0. The number of anilines is 1. The first kappa shape index (κ1) is 25.1. The van der Waals surface area contributed by atoms with E-state index < -0.39 is 17.6 Å². The molecule has 2 aliphatic rings. The molecule has 0 saturated heterocycles. The summed E-state index contributed by atoms with van der Waals surface area (Å²) in [4.78, 5) is 15.2. The van der Waals surface area contributed by atoms with E-state index in [1.807, 2.05) is 7.11 Å². The quantitative estimate of drug-likeness (QED) is 0.387. The molecule has 0 spiro atoms. The molecule has 1 N–H and O–H groups in total. The molecule has 0 unspecified atom stereocenters. The summed E-state index contributed by atoms with van der Waals surface area (Å²) in [6.45, 7) is 0. The number of carbonyl (C=O) groups excluding carboxylic acids is 1. The molecule has 1 aromatic heterocycles. The van der Waals surface area contributed by atoms with Crippen molar-refractivity contribution in [1.29, 1.82) is 0 Å². The number of pyridine rings is 1. The summed E-state index contributed by atoms with van der Waals surface area (Å²) in [7, 11) is 1.82. The Balaban J connectivity index is 0.000000323. The number of hydrogen-bond acceptors (Lipinski definition) is 3. The van der Waals surface area contributed by atoms with Crippen LogP contribution in [-0.4, -0.2) is 30.5 Å². The molecular formula is C25H30F4N2O2. The highest BCUT2D eigenvalue weighted by molar-refractivity contribution is 5.86. The van der Waals surface area contributed by atoms with E-state index in [2.05, 4.69) is 10.3 Å². The second-order valence-corrected chi connectivity index (χ2v) is 8.63. The number of methoxy groups -OCH3 is 1. The van der Waals surface area contributed by atoms with Gasteiger partial charge in [0, 0.05) is 43.2 Å². The average Bonchev–Trinajstić information content (AvgIpc) is 2.82. The zero-order chi connectivity index (χ0) is 23.8. The summed E-state index contributed by atoms with van der Waals surface area (Å²) < 4.78 is 59.7. The van der Waals surface area contributed by atoms with Crippen LogP contribution in [-0.2, 0) is 9.53 Å². The highest BCUT2D eigenvalue weighted by Gasteiger charge is 2.37. The Bertz CT molecular complexity index is 923. The lowest BCUT2D eigenvalue weighted by molar-refractivity contribution is -0.105. The number of hydrogen-bond donors (Lipinski definition) is 1. The van der Waals surface area contributed by atoms with Crippen LogP contribution in [0.5, 0.6) is 0 Å². The second kappa shape index (κ2) is 11.6. The highest BCUT2D eigenvalue weighted by atomic mass is 19.3. The standard InChI is InChI=1S/C18H16F4N2O.C7H14O/c19-12-1-2-15(20)14(9-12)13-5-8-23-16(17(13)24-10-25)11-3-6-18(21,22)7-4-11;1-8-7-5-3-2-4-6-7/h1-2,5,8-11H,3-4,6-7H2,(H,24,25);7H,2-6H2,1H3. The molecule has 4 nitrogen and oxygen atoms in total. The van der Waals surface area contributed by atoms with Crippen LogP contribution in [0.15, 0.2) is 30.5 Å². The van der Waals surface area contributed by atoms with E-state index in [4.69, 9.17) is 4.74 Å². The third-order valence-electron chi connectivity index (χ3n) is 6.39. The van der Waals surface area contributed by atoms with Crippen LogP contribution in [0.2, 0.25) is 0 Å². The monoisotopic (exact) mass is 466 g/mol. The summed E-state index contributed by atoms with van der Waals surface area (Å²) in [5, 5.41) is 2.49. The lowest BCUT2D eigenvalue weighted by Gasteiger charge is -2.29. The summed E-state index contributed by atoms with van der Waals surface area (Å²) in [6.07, 6.45) is 9.05. The molecule has 0 radical (unpaired) electrons. The molecular weight excluding hydrogens is 436 g/mol. The fraction of sp³-hybridized carbons (Fsp3) is 0.520. The molecule has 0 bridgehead atoms. The van der Waals surface area contributed by atoms with Crippen LogP contribution < -0.4 is 5.32 Å². The molecule has 4 rings (SSSR count). The first-order valence-corrected chi connectivity index (χ1v) is 11.4. The van der Waals surface area contributed by atoms with Gasteiger partial charge >= 0.3 is 0 Å². The normalized spacial score (nSPS) is 18.8. The van der Waals surface area contributed by atoms with Gasteiger partial charge in [0.05, 0.1) is 17.5 Å². The first-order chi connectivity index (χ1) is 15.8. The zero-order valence-corrected chi connectivity index (χ0v) is 18.8. The van der Waals surface area contributed by atoms with Gasteiger partial charge in [-0.2, -0.15) is 0 Å². The number of rotatable bonds is 5. The zero-order valence-electron chi connectivity index (χ0n) is 18.8. The predicted octanol–water partition coefficient (Wildman–Crippen LogP) is 6.85. The molecule has 0 aliphatic heterocycles. The fourth-order valence-corrected chi connectivity index (χ4v) is 4.54. The maximum atomic E-state index is 14.1. The molecule has 1 heterocycles. The largest absolute Gasteiger partial charge is 0.381 e. The van der Waals surface area contributed by atoms with Gasteiger partial charge in [-0.3, -0.25) is 9.78 Å². The Labute approximate surface area is 191 Å². The van der Waals surface area contributed by atoms with Gasteiger partial charge in [-0.15, -0.1) is 0 Å². The summed E-state index contributed by atoms with van der Waals surface area (Å²) in [5.41, 5.74) is 0.904. The molecule has 0 atom stereocenters. The lowest BCUT2D eigenvalue weighted by atomic mass is 9.83. The minimum absolute atomic E-state index is 0.0193. The summed E-state index contributed by atoms with van der Waals surface area (Å²) in [6, 6.07) is 4.48. The molecule has 33 heavy (non-hydrogen) atoms. The predicted molar refractivity (Wildman–Crippen MR) is 119 cm³/mol. The van der Waals surface area contributed by atoms with Gasteiger partial charge in [0.2, 0.25) is 12.3 Å². The third-order valence-corrected chi connectivity index (χ3v) is 6.39. The topological polar surface area (TPSA) is 51.2 Å². The van der Waals surface area contributed by atoms with Crippen molar-refractivity contribution < 1.29 is 27.1 Å². The smallest absolute Gasteiger partial charge is 0.248 e. The van der Waals surface area contributed by atoms with Gasteiger partial charge < -0.3 is 10.1 Å². The van der Waals surface area contributed by atoms with E-state index in [0.29, 0.717) is 18.2 Å². The van der Waals surface area contributed by atoms with Crippen molar-refractivity contribution in [2.75, 3.05) is 12.4 Å². The Morgan fingerprint density at radius 1 is 1.03 bits per heavy atom. The number of carbonyl (C=O) groups is 1. The van der Waals surface area contributed by atoms with Gasteiger partial charge in [-0.1, -0.05) is 19.3 Å². The van der Waals surface area contributed by atoms with Crippen LogP contribution >= 0.6 is 0 Å². The first-order valence-electron chi connectivity index (χ1n) is 11.4. The van der Waals surface area contributed by atoms with Crippen LogP contribution in [0.1, 0.15) is 69.4 Å². The number of amides is 1. The molecule has 2 saturated carbocycles. The fourth-order valence-electron chi connectivity index (χ4n) is 4.54. The number of halogens is 4. The molecule has 2 aromatic rings. The Morgan fingerprint density at radius 2 is 1.73 bits per heavy atom. The lowest BCUT2D eigenvalue weighted by Crippen LogP contribution is -2.24.